The molecule has 1 heterocycles. The van der Waals surface area contributed by atoms with E-state index in [1.807, 2.05) is 29.0 Å². The Morgan fingerprint density at radius 3 is 2.48 bits per heavy atom. The maximum atomic E-state index is 13.7. The first-order chi connectivity index (χ1) is 15.8. The van der Waals surface area contributed by atoms with Crippen LogP contribution in [0.15, 0.2) is 76.7 Å². The number of aromatic nitrogens is 1. The normalized spacial score (nSPS) is 11.0. The molecule has 1 N–H and O–H groups in total. The van der Waals surface area contributed by atoms with Crippen LogP contribution in [0, 0.1) is 21.7 Å². The van der Waals surface area contributed by atoms with Crippen molar-refractivity contribution in [1.82, 2.24) is 4.57 Å². The van der Waals surface area contributed by atoms with Crippen LogP contribution in [0.3, 0.4) is 0 Å². The molecule has 0 radical (unpaired) electrons. The second kappa shape index (κ2) is 9.41. The van der Waals surface area contributed by atoms with Gasteiger partial charge in [0, 0.05) is 40.8 Å². The summed E-state index contributed by atoms with van der Waals surface area (Å²) in [6, 6.07) is 15.3. The van der Waals surface area contributed by atoms with Crippen LogP contribution < -0.4 is 5.32 Å². The minimum atomic E-state index is -0.667. The van der Waals surface area contributed by atoms with Crippen LogP contribution in [0.1, 0.15) is 12.5 Å². The number of anilines is 1. The fourth-order valence-corrected chi connectivity index (χ4v) is 4.61. The lowest BCUT2D eigenvalue weighted by molar-refractivity contribution is -0.387. The van der Waals surface area contributed by atoms with Gasteiger partial charge in [-0.1, -0.05) is 23.9 Å². The Morgan fingerprint density at radius 1 is 1.06 bits per heavy atom. The Morgan fingerprint density at radius 2 is 1.79 bits per heavy atom. The van der Waals surface area contributed by atoms with E-state index in [4.69, 9.17) is 0 Å². The highest BCUT2D eigenvalue weighted by molar-refractivity contribution is 7.99. The van der Waals surface area contributed by atoms with Crippen molar-refractivity contribution < 1.29 is 18.5 Å². The largest absolute Gasteiger partial charge is 0.378 e. The van der Waals surface area contributed by atoms with Gasteiger partial charge in [-0.15, -0.1) is 0 Å². The molecule has 0 aliphatic rings. The van der Waals surface area contributed by atoms with Crippen LogP contribution in [-0.2, 0) is 11.3 Å². The molecule has 0 spiro atoms. The molecule has 0 saturated carbocycles. The van der Waals surface area contributed by atoms with Gasteiger partial charge >= 0.3 is 0 Å². The average Bonchev–Trinajstić information content (AvgIpc) is 3.08. The van der Waals surface area contributed by atoms with E-state index in [2.05, 4.69) is 5.32 Å². The summed E-state index contributed by atoms with van der Waals surface area (Å²) in [6.45, 7) is 1.84. The van der Waals surface area contributed by atoms with E-state index in [1.54, 1.807) is 18.2 Å². The topological polar surface area (TPSA) is 77.2 Å². The van der Waals surface area contributed by atoms with Gasteiger partial charge in [-0.2, -0.15) is 0 Å². The Kier molecular flexibility index (Phi) is 6.41. The molecule has 0 aliphatic carbocycles. The number of para-hydroxylation sites is 1. The van der Waals surface area contributed by atoms with Crippen molar-refractivity contribution in [1.29, 1.82) is 0 Å². The molecule has 6 nitrogen and oxygen atoms in total. The van der Waals surface area contributed by atoms with E-state index in [1.165, 1.54) is 36.9 Å². The SMILES string of the molecule is CC(=O)CNc1ccc2c(Sc3ccccc3[N+](=O)[O-])cn(Cc3cc(F)cc(F)c3)c2c1. The fourth-order valence-electron chi connectivity index (χ4n) is 3.52. The highest BCUT2D eigenvalue weighted by Gasteiger charge is 2.17. The molecule has 0 atom stereocenters. The summed E-state index contributed by atoms with van der Waals surface area (Å²) in [7, 11) is 0. The van der Waals surface area contributed by atoms with Crippen molar-refractivity contribution in [3.8, 4) is 0 Å². The van der Waals surface area contributed by atoms with Crippen molar-refractivity contribution >= 4 is 39.8 Å². The van der Waals surface area contributed by atoms with Crippen LogP contribution in [0.25, 0.3) is 10.9 Å². The first kappa shape index (κ1) is 22.5. The van der Waals surface area contributed by atoms with Crippen LogP contribution in [-0.4, -0.2) is 21.8 Å². The molecule has 1 aromatic heterocycles. The first-order valence-corrected chi connectivity index (χ1v) is 10.8. The summed E-state index contributed by atoms with van der Waals surface area (Å²) in [5.41, 5.74) is 1.91. The fraction of sp³-hybridized carbons (Fsp3) is 0.125. The number of fused-ring (bicyclic) bond motifs is 1. The molecular formula is C24H19F2N3O3S. The summed E-state index contributed by atoms with van der Waals surface area (Å²) in [5, 5.41) is 15.3. The number of nitrogens with zero attached hydrogens (tertiary/aromatic N) is 2. The molecule has 33 heavy (non-hydrogen) atoms. The van der Waals surface area contributed by atoms with E-state index in [9.17, 15) is 23.7 Å². The number of carbonyl (C=O) groups excluding carboxylic acids is 1. The molecule has 4 aromatic rings. The minimum absolute atomic E-state index is 0.00431. The smallest absolute Gasteiger partial charge is 0.283 e. The highest BCUT2D eigenvalue weighted by atomic mass is 32.2. The number of rotatable bonds is 8. The maximum absolute atomic E-state index is 13.7. The van der Waals surface area contributed by atoms with Crippen molar-refractivity contribution in [2.45, 2.75) is 23.3 Å². The number of ketones is 1. The van der Waals surface area contributed by atoms with Gasteiger partial charge in [0.2, 0.25) is 0 Å². The molecule has 0 bridgehead atoms. The summed E-state index contributed by atoms with van der Waals surface area (Å²) in [4.78, 5) is 23.6. The predicted octanol–water partition coefficient (Wildman–Crippen LogP) is 6.03. The molecule has 0 unspecified atom stereocenters. The monoisotopic (exact) mass is 467 g/mol. The number of carbonyl (C=O) groups is 1. The molecule has 0 saturated heterocycles. The molecule has 4 rings (SSSR count). The van der Waals surface area contributed by atoms with Crippen LogP contribution in [0.2, 0.25) is 0 Å². The van der Waals surface area contributed by atoms with E-state index in [0.717, 1.165) is 21.9 Å². The third kappa shape index (κ3) is 5.20. The third-order valence-corrected chi connectivity index (χ3v) is 6.05. The summed E-state index contributed by atoms with van der Waals surface area (Å²) in [5.74, 6) is -1.35. The summed E-state index contributed by atoms with van der Waals surface area (Å²) in [6.07, 6.45) is 1.81. The van der Waals surface area contributed by atoms with Gasteiger partial charge in [0.15, 0.2) is 0 Å². The zero-order valence-corrected chi connectivity index (χ0v) is 18.4. The average molecular weight is 467 g/mol. The molecule has 3 aromatic carbocycles. The number of nitrogens with one attached hydrogen (secondary N) is 1. The van der Waals surface area contributed by atoms with Crippen molar-refractivity contribution in [2.24, 2.45) is 0 Å². The first-order valence-electron chi connectivity index (χ1n) is 10.0. The van der Waals surface area contributed by atoms with Crippen molar-refractivity contribution in [2.75, 3.05) is 11.9 Å². The van der Waals surface area contributed by atoms with Gasteiger partial charge in [0.25, 0.3) is 5.69 Å². The predicted molar refractivity (Wildman–Crippen MR) is 124 cm³/mol. The van der Waals surface area contributed by atoms with E-state index in [-0.39, 0.29) is 24.6 Å². The van der Waals surface area contributed by atoms with Gasteiger partial charge in [0.1, 0.15) is 17.4 Å². The molecular weight excluding hydrogens is 448 g/mol. The zero-order chi connectivity index (χ0) is 23.5. The third-order valence-electron chi connectivity index (χ3n) is 4.94. The van der Waals surface area contributed by atoms with Crippen LogP contribution >= 0.6 is 11.8 Å². The number of benzene rings is 3. The molecule has 0 amide bonds. The summed E-state index contributed by atoms with van der Waals surface area (Å²) < 4.78 is 29.3. The molecule has 0 aliphatic heterocycles. The number of hydrogen-bond donors (Lipinski definition) is 1. The number of halogens is 2. The molecule has 9 heteroatoms. The quantitative estimate of drug-likeness (QED) is 0.253. The van der Waals surface area contributed by atoms with E-state index >= 15 is 0 Å². The lowest BCUT2D eigenvalue weighted by Gasteiger charge is -2.09. The highest BCUT2D eigenvalue weighted by Crippen LogP contribution is 2.40. The Bertz CT molecular complexity index is 1350. The van der Waals surface area contributed by atoms with Crippen LogP contribution in [0.4, 0.5) is 20.2 Å². The van der Waals surface area contributed by atoms with Gasteiger partial charge < -0.3 is 9.88 Å². The van der Waals surface area contributed by atoms with Gasteiger partial charge in [-0.05, 0) is 48.9 Å². The Balaban J connectivity index is 1.78. The van der Waals surface area contributed by atoms with Gasteiger partial charge in [-0.3, -0.25) is 14.9 Å². The van der Waals surface area contributed by atoms with Gasteiger partial charge in [0.05, 0.1) is 21.9 Å². The molecule has 168 valence electrons. The maximum Gasteiger partial charge on any atom is 0.283 e. The number of hydrogen-bond acceptors (Lipinski definition) is 5. The van der Waals surface area contributed by atoms with E-state index in [0.29, 0.717) is 16.1 Å². The Labute approximate surface area is 192 Å². The van der Waals surface area contributed by atoms with E-state index < -0.39 is 16.6 Å². The second-order valence-corrected chi connectivity index (χ2v) is 8.60. The standard InChI is InChI=1S/C24H19F2N3O3S/c1-15(30)12-27-19-6-7-20-22(11-19)28(13-16-8-17(25)10-18(26)9-16)14-24(20)33-23-5-3-2-4-21(23)29(31)32/h2-11,14,27H,12-13H2,1H3. The lowest BCUT2D eigenvalue weighted by atomic mass is 10.2. The zero-order valence-electron chi connectivity index (χ0n) is 17.5. The number of nitro benzene ring substituents is 1. The Hall–Kier alpha value is -3.72. The number of nitro groups is 1. The van der Waals surface area contributed by atoms with Gasteiger partial charge in [-0.25, -0.2) is 8.78 Å². The van der Waals surface area contributed by atoms with Crippen LogP contribution in [0.5, 0.6) is 0 Å². The second-order valence-electron chi connectivity index (χ2n) is 7.51. The minimum Gasteiger partial charge on any atom is -0.378 e. The number of Topliss-reactive ketones (excluding diaryl/α,β-unsaturated/α-hetero) is 1. The lowest BCUT2D eigenvalue weighted by Crippen LogP contribution is -2.09. The van der Waals surface area contributed by atoms with Crippen molar-refractivity contribution in [3.63, 3.8) is 0 Å². The van der Waals surface area contributed by atoms with Crippen molar-refractivity contribution in [3.05, 3.63) is 94.2 Å². The molecule has 0 fully saturated rings. The summed E-state index contributed by atoms with van der Waals surface area (Å²) >= 11 is 1.25.